The predicted octanol–water partition coefficient (Wildman–Crippen LogP) is 1.71. The van der Waals surface area contributed by atoms with Crippen LogP contribution < -0.4 is 11.1 Å². The van der Waals surface area contributed by atoms with Crippen LogP contribution in [0.4, 0.5) is 5.69 Å². The molecule has 0 aliphatic carbocycles. The number of thiol groups is 1. The molecule has 1 aromatic rings. The van der Waals surface area contributed by atoms with Crippen molar-refractivity contribution in [1.29, 1.82) is 0 Å². The highest BCUT2D eigenvalue weighted by atomic mass is 32.1. The van der Waals surface area contributed by atoms with E-state index in [1.54, 1.807) is 0 Å². The van der Waals surface area contributed by atoms with Crippen molar-refractivity contribution in [3.63, 3.8) is 0 Å². The fourth-order valence-corrected chi connectivity index (χ4v) is 1.39. The largest absolute Gasteiger partial charge is 0.398 e. The molecule has 0 fully saturated rings. The first-order valence-corrected chi connectivity index (χ1v) is 4.97. The molecular weight excluding hydrogens is 180 g/mol. The third-order valence-electron chi connectivity index (χ3n) is 1.94. The smallest absolute Gasteiger partial charge is 0.0449 e. The van der Waals surface area contributed by atoms with Crippen molar-refractivity contribution in [2.75, 3.05) is 18.8 Å². The van der Waals surface area contributed by atoms with E-state index in [0.29, 0.717) is 0 Å². The summed E-state index contributed by atoms with van der Waals surface area (Å²) in [6.07, 6.45) is 1.03. The van der Waals surface area contributed by atoms with E-state index in [1.807, 2.05) is 18.2 Å². The van der Waals surface area contributed by atoms with Crippen molar-refractivity contribution >= 4 is 18.3 Å². The van der Waals surface area contributed by atoms with Crippen molar-refractivity contribution in [3.05, 3.63) is 23.8 Å². The van der Waals surface area contributed by atoms with E-state index < -0.39 is 0 Å². The van der Waals surface area contributed by atoms with Crippen molar-refractivity contribution < 1.29 is 0 Å². The summed E-state index contributed by atoms with van der Waals surface area (Å²) in [5, 5.41) is 3.27. The van der Waals surface area contributed by atoms with Crippen molar-refractivity contribution in [3.8, 4) is 0 Å². The Hall–Kier alpha value is -0.670. The first-order valence-electron chi connectivity index (χ1n) is 4.52. The van der Waals surface area contributed by atoms with E-state index in [9.17, 15) is 0 Å². The Morgan fingerprint density at radius 1 is 1.46 bits per heavy atom. The highest BCUT2D eigenvalue weighted by Gasteiger charge is 1.96. The number of hydrogen-bond donors (Lipinski definition) is 3. The zero-order valence-electron chi connectivity index (χ0n) is 7.88. The SMILES string of the molecule is CCNCCc1ccc(N)c(S)c1. The van der Waals surface area contributed by atoms with E-state index in [2.05, 4.69) is 24.9 Å². The number of rotatable bonds is 4. The molecule has 72 valence electrons. The maximum atomic E-state index is 5.65. The van der Waals surface area contributed by atoms with Crippen molar-refractivity contribution in [2.24, 2.45) is 0 Å². The minimum absolute atomic E-state index is 0.746. The molecule has 0 radical (unpaired) electrons. The van der Waals surface area contributed by atoms with Gasteiger partial charge in [0.25, 0.3) is 0 Å². The second-order valence-electron chi connectivity index (χ2n) is 3.00. The number of nitrogen functional groups attached to an aromatic ring is 1. The molecule has 0 aliphatic rings. The summed E-state index contributed by atoms with van der Waals surface area (Å²) in [7, 11) is 0. The first-order chi connectivity index (χ1) is 6.24. The van der Waals surface area contributed by atoms with Crippen LogP contribution in [-0.2, 0) is 6.42 Å². The summed E-state index contributed by atoms with van der Waals surface area (Å²) in [6.45, 7) is 4.13. The Kier molecular flexibility index (Phi) is 4.12. The molecule has 0 saturated heterocycles. The van der Waals surface area contributed by atoms with Crippen LogP contribution in [-0.4, -0.2) is 13.1 Å². The molecule has 0 aliphatic heterocycles. The molecule has 3 N–H and O–H groups in total. The Morgan fingerprint density at radius 2 is 2.23 bits per heavy atom. The number of nitrogens with one attached hydrogen (secondary N) is 1. The average Bonchev–Trinajstić information content (AvgIpc) is 2.12. The standard InChI is InChI=1S/C10H16N2S/c1-2-12-6-5-8-3-4-9(11)10(13)7-8/h3-4,7,12-13H,2,5-6,11H2,1H3. The first kappa shape index (κ1) is 10.4. The van der Waals surface area contributed by atoms with Gasteiger partial charge in [-0.2, -0.15) is 0 Å². The second-order valence-corrected chi connectivity index (χ2v) is 3.48. The van der Waals surface area contributed by atoms with Crippen molar-refractivity contribution in [1.82, 2.24) is 5.32 Å². The quantitative estimate of drug-likeness (QED) is 0.390. The second kappa shape index (κ2) is 5.14. The fourth-order valence-electron chi connectivity index (χ4n) is 1.15. The van der Waals surface area contributed by atoms with Gasteiger partial charge in [0.05, 0.1) is 0 Å². The molecular formula is C10H16N2S. The van der Waals surface area contributed by atoms with E-state index in [1.165, 1.54) is 5.56 Å². The molecule has 0 heterocycles. The van der Waals surface area contributed by atoms with Crippen LogP contribution in [0.5, 0.6) is 0 Å². The zero-order chi connectivity index (χ0) is 9.68. The Morgan fingerprint density at radius 3 is 2.85 bits per heavy atom. The third kappa shape index (κ3) is 3.28. The van der Waals surface area contributed by atoms with Crippen LogP contribution in [0.2, 0.25) is 0 Å². The molecule has 13 heavy (non-hydrogen) atoms. The topological polar surface area (TPSA) is 38.0 Å². The normalized spacial score (nSPS) is 10.3. The Labute approximate surface area is 84.9 Å². The summed E-state index contributed by atoms with van der Waals surface area (Å²) in [5.41, 5.74) is 7.68. The van der Waals surface area contributed by atoms with Gasteiger partial charge in [0.1, 0.15) is 0 Å². The minimum Gasteiger partial charge on any atom is -0.398 e. The molecule has 0 atom stereocenters. The summed E-state index contributed by atoms with van der Waals surface area (Å²) < 4.78 is 0. The molecule has 1 aromatic carbocycles. The third-order valence-corrected chi connectivity index (χ3v) is 2.32. The van der Waals surface area contributed by atoms with E-state index in [-0.39, 0.29) is 0 Å². The fraction of sp³-hybridized carbons (Fsp3) is 0.400. The van der Waals surface area contributed by atoms with Crippen LogP contribution >= 0.6 is 12.6 Å². The lowest BCUT2D eigenvalue weighted by Crippen LogP contribution is -2.16. The molecule has 0 unspecified atom stereocenters. The lowest BCUT2D eigenvalue weighted by molar-refractivity contribution is 0.716. The van der Waals surface area contributed by atoms with Gasteiger partial charge in [-0.25, -0.2) is 0 Å². The number of nitrogens with two attached hydrogens (primary N) is 1. The zero-order valence-corrected chi connectivity index (χ0v) is 8.77. The van der Waals surface area contributed by atoms with E-state index >= 15 is 0 Å². The maximum absolute atomic E-state index is 5.65. The number of likely N-dealkylation sites (N-methyl/N-ethyl adjacent to an activating group) is 1. The van der Waals surface area contributed by atoms with Gasteiger partial charge in [-0.15, -0.1) is 12.6 Å². The molecule has 2 nitrogen and oxygen atoms in total. The summed E-state index contributed by atoms with van der Waals surface area (Å²) in [5.74, 6) is 0. The maximum Gasteiger partial charge on any atom is 0.0449 e. The molecule has 0 bridgehead atoms. The Balaban J connectivity index is 2.53. The number of anilines is 1. The number of hydrogen-bond acceptors (Lipinski definition) is 3. The molecule has 1 rings (SSSR count). The average molecular weight is 196 g/mol. The van der Waals surface area contributed by atoms with Gasteiger partial charge in [-0.3, -0.25) is 0 Å². The minimum atomic E-state index is 0.746. The van der Waals surface area contributed by atoms with Crippen LogP contribution in [0.25, 0.3) is 0 Å². The van der Waals surface area contributed by atoms with Crippen molar-refractivity contribution in [2.45, 2.75) is 18.2 Å². The Bertz CT molecular complexity index is 274. The summed E-state index contributed by atoms with van der Waals surface area (Å²) in [4.78, 5) is 0.869. The van der Waals surface area contributed by atoms with E-state index in [4.69, 9.17) is 5.73 Å². The highest BCUT2D eigenvalue weighted by Crippen LogP contribution is 2.17. The monoisotopic (exact) mass is 196 g/mol. The van der Waals surface area contributed by atoms with Gasteiger partial charge in [0.2, 0.25) is 0 Å². The molecule has 0 saturated carbocycles. The number of benzene rings is 1. The van der Waals surface area contributed by atoms with Crippen LogP contribution in [0.3, 0.4) is 0 Å². The van der Waals surface area contributed by atoms with Gasteiger partial charge in [-0.1, -0.05) is 13.0 Å². The molecule has 0 spiro atoms. The van der Waals surface area contributed by atoms with Gasteiger partial charge in [-0.05, 0) is 37.2 Å². The molecule has 0 aromatic heterocycles. The van der Waals surface area contributed by atoms with Gasteiger partial charge >= 0.3 is 0 Å². The van der Waals surface area contributed by atoms with Gasteiger partial charge in [0, 0.05) is 10.6 Å². The lowest BCUT2D eigenvalue weighted by Gasteiger charge is -2.04. The summed E-state index contributed by atoms with van der Waals surface area (Å²) in [6, 6.07) is 5.98. The van der Waals surface area contributed by atoms with E-state index in [0.717, 1.165) is 30.1 Å². The van der Waals surface area contributed by atoms with Crippen LogP contribution in [0.15, 0.2) is 23.1 Å². The summed E-state index contributed by atoms with van der Waals surface area (Å²) >= 11 is 4.27. The van der Waals surface area contributed by atoms with Gasteiger partial charge < -0.3 is 11.1 Å². The molecule has 3 heteroatoms. The predicted molar refractivity (Wildman–Crippen MR) is 60.4 cm³/mol. The lowest BCUT2D eigenvalue weighted by atomic mass is 10.1. The molecule has 0 amide bonds. The van der Waals surface area contributed by atoms with Crippen LogP contribution in [0.1, 0.15) is 12.5 Å². The highest BCUT2D eigenvalue weighted by molar-refractivity contribution is 7.80. The van der Waals surface area contributed by atoms with Crippen LogP contribution in [0, 0.1) is 0 Å². The van der Waals surface area contributed by atoms with Gasteiger partial charge in [0.15, 0.2) is 0 Å².